The summed E-state index contributed by atoms with van der Waals surface area (Å²) in [6.45, 7) is 6.58. The molecule has 8 nitrogen and oxygen atoms in total. The third-order valence-electron chi connectivity index (χ3n) is 3.53. The predicted molar refractivity (Wildman–Crippen MR) is 94.1 cm³/mol. The Balaban J connectivity index is 2.83. The first kappa shape index (κ1) is 21.4. The van der Waals surface area contributed by atoms with E-state index < -0.39 is 23.9 Å². The third-order valence-corrected chi connectivity index (χ3v) is 3.53. The van der Waals surface area contributed by atoms with E-state index in [1.54, 1.807) is 0 Å². The number of unbranched alkanes of at least 4 members (excludes halogenated alkanes) is 1. The van der Waals surface area contributed by atoms with Crippen LogP contribution >= 0.6 is 0 Å². The summed E-state index contributed by atoms with van der Waals surface area (Å²) in [5.41, 5.74) is -0.154. The van der Waals surface area contributed by atoms with Crippen LogP contribution < -0.4 is 14.8 Å². The fourth-order valence-electron chi connectivity index (χ4n) is 2.17. The Bertz CT molecular complexity index is 647. The molecule has 1 aromatic heterocycles. The highest BCUT2D eigenvalue weighted by atomic mass is 16.6. The average molecular weight is 366 g/mol. The van der Waals surface area contributed by atoms with Gasteiger partial charge >= 0.3 is 11.9 Å². The summed E-state index contributed by atoms with van der Waals surface area (Å²) in [5, 5.41) is 2.50. The van der Waals surface area contributed by atoms with E-state index in [-0.39, 0.29) is 23.3 Å². The minimum absolute atomic E-state index is 0.100. The molecular weight excluding hydrogens is 340 g/mol. The van der Waals surface area contributed by atoms with Crippen LogP contribution in [0.5, 0.6) is 11.5 Å². The third kappa shape index (κ3) is 6.34. The number of amides is 1. The second-order valence-electron chi connectivity index (χ2n) is 5.87. The van der Waals surface area contributed by atoms with Crippen molar-refractivity contribution in [3.05, 3.63) is 18.0 Å². The first-order valence-electron chi connectivity index (χ1n) is 8.52. The molecule has 0 saturated carbocycles. The number of carbonyl (C=O) groups excluding carboxylic acids is 3. The van der Waals surface area contributed by atoms with Crippen molar-refractivity contribution in [2.45, 2.75) is 59.1 Å². The van der Waals surface area contributed by atoms with Crippen LogP contribution in [0.2, 0.25) is 0 Å². The Kier molecular flexibility index (Phi) is 8.54. The van der Waals surface area contributed by atoms with Crippen LogP contribution in [-0.2, 0) is 14.3 Å². The molecule has 0 aliphatic heterocycles. The molecule has 1 rings (SSSR count). The summed E-state index contributed by atoms with van der Waals surface area (Å²) in [5.74, 6) is -1.76. The maximum atomic E-state index is 12.5. The minimum Gasteiger partial charge on any atom is -0.493 e. The second kappa shape index (κ2) is 10.4. The van der Waals surface area contributed by atoms with Gasteiger partial charge in [-0.15, -0.1) is 0 Å². The number of pyridine rings is 1. The Hall–Kier alpha value is -2.64. The van der Waals surface area contributed by atoms with Crippen molar-refractivity contribution >= 4 is 17.8 Å². The lowest BCUT2D eigenvalue weighted by atomic mass is 10.2. The molecule has 0 saturated heterocycles. The van der Waals surface area contributed by atoms with Crippen LogP contribution in [0.25, 0.3) is 0 Å². The molecule has 144 valence electrons. The van der Waals surface area contributed by atoms with Crippen molar-refractivity contribution in [3.63, 3.8) is 0 Å². The fraction of sp³-hybridized carbons (Fsp3) is 0.556. The van der Waals surface area contributed by atoms with Crippen LogP contribution in [0, 0.1) is 0 Å². The molecule has 1 N–H and O–H groups in total. The zero-order valence-corrected chi connectivity index (χ0v) is 15.8. The highest BCUT2D eigenvalue weighted by molar-refractivity contribution is 5.98. The number of hydrogen-bond acceptors (Lipinski definition) is 7. The van der Waals surface area contributed by atoms with Crippen molar-refractivity contribution in [2.75, 3.05) is 7.11 Å². The van der Waals surface area contributed by atoms with Crippen LogP contribution in [0.1, 0.15) is 57.4 Å². The highest BCUT2D eigenvalue weighted by Crippen LogP contribution is 2.29. The van der Waals surface area contributed by atoms with Gasteiger partial charge in [0, 0.05) is 19.2 Å². The lowest BCUT2D eigenvalue weighted by Crippen LogP contribution is -2.41. The van der Waals surface area contributed by atoms with Gasteiger partial charge in [0.15, 0.2) is 11.4 Å². The van der Waals surface area contributed by atoms with E-state index in [0.717, 1.165) is 19.3 Å². The first-order valence-corrected chi connectivity index (χ1v) is 8.52. The summed E-state index contributed by atoms with van der Waals surface area (Å²) in [6, 6.07) is 0.576. The van der Waals surface area contributed by atoms with E-state index in [2.05, 4.69) is 17.2 Å². The molecule has 0 radical (unpaired) electrons. The quantitative estimate of drug-likeness (QED) is 0.668. The lowest BCUT2D eigenvalue weighted by Gasteiger charge is -2.18. The van der Waals surface area contributed by atoms with Gasteiger partial charge in [-0.25, -0.2) is 9.78 Å². The molecule has 0 aliphatic rings. The average Bonchev–Trinajstić information content (AvgIpc) is 2.59. The van der Waals surface area contributed by atoms with Gasteiger partial charge in [-0.1, -0.05) is 19.8 Å². The normalized spacial score (nSPS) is 12.7. The predicted octanol–water partition coefficient (Wildman–Crippen LogP) is 2.26. The van der Waals surface area contributed by atoms with Crippen LogP contribution in [0.4, 0.5) is 0 Å². The summed E-state index contributed by atoms with van der Waals surface area (Å²) in [6.07, 6.45) is 3.84. The summed E-state index contributed by atoms with van der Waals surface area (Å²) in [4.78, 5) is 39.8. The van der Waals surface area contributed by atoms with E-state index in [1.165, 1.54) is 33.2 Å². The molecule has 8 heteroatoms. The van der Waals surface area contributed by atoms with Crippen molar-refractivity contribution in [1.29, 1.82) is 0 Å². The van der Waals surface area contributed by atoms with E-state index in [1.807, 2.05) is 6.92 Å². The van der Waals surface area contributed by atoms with Crippen molar-refractivity contribution in [2.24, 2.45) is 0 Å². The van der Waals surface area contributed by atoms with Crippen LogP contribution in [-0.4, -0.2) is 42.1 Å². The molecule has 0 bridgehead atoms. The largest absolute Gasteiger partial charge is 0.493 e. The van der Waals surface area contributed by atoms with Gasteiger partial charge in [0.05, 0.1) is 13.2 Å². The number of aromatic nitrogens is 1. The molecule has 1 heterocycles. The minimum atomic E-state index is -0.884. The lowest BCUT2D eigenvalue weighted by molar-refractivity contribution is -0.150. The van der Waals surface area contributed by atoms with E-state index in [4.69, 9.17) is 14.2 Å². The fourth-order valence-corrected chi connectivity index (χ4v) is 2.17. The number of ether oxygens (including phenoxy) is 3. The van der Waals surface area contributed by atoms with Gasteiger partial charge in [0.25, 0.3) is 5.91 Å². The van der Waals surface area contributed by atoms with E-state index in [0.29, 0.717) is 0 Å². The molecule has 1 amide bonds. The molecule has 0 fully saturated rings. The van der Waals surface area contributed by atoms with E-state index in [9.17, 15) is 14.4 Å². The van der Waals surface area contributed by atoms with Gasteiger partial charge in [-0.3, -0.25) is 9.59 Å². The van der Waals surface area contributed by atoms with E-state index >= 15 is 0 Å². The molecule has 26 heavy (non-hydrogen) atoms. The Labute approximate surface area is 153 Å². The Morgan fingerprint density at radius 1 is 1.27 bits per heavy atom. The summed E-state index contributed by atoms with van der Waals surface area (Å²) < 4.78 is 15.4. The van der Waals surface area contributed by atoms with Gasteiger partial charge in [-0.05, 0) is 20.3 Å². The monoisotopic (exact) mass is 366 g/mol. The Morgan fingerprint density at radius 3 is 2.54 bits per heavy atom. The number of esters is 2. The zero-order valence-electron chi connectivity index (χ0n) is 15.8. The molecule has 0 unspecified atom stereocenters. The maximum Gasteiger partial charge on any atom is 0.328 e. The number of nitrogens with one attached hydrogen (secondary N) is 1. The molecule has 0 spiro atoms. The van der Waals surface area contributed by atoms with Gasteiger partial charge < -0.3 is 19.5 Å². The standard InChI is InChI=1S/C18H26N2O6/c1-6-7-8-11(2)25-18(23)12(3)20-17(22)15-16(26-13(4)21)14(24-5)9-10-19-15/h9-12H,6-8H2,1-5H3,(H,20,22)/t11-,12-/m0/s1. The van der Waals surface area contributed by atoms with Gasteiger partial charge in [0.2, 0.25) is 5.75 Å². The number of nitrogens with zero attached hydrogens (tertiary/aromatic N) is 1. The maximum absolute atomic E-state index is 12.5. The number of hydrogen-bond donors (Lipinski definition) is 1. The molecule has 0 aromatic carbocycles. The number of rotatable bonds is 9. The van der Waals surface area contributed by atoms with Gasteiger partial charge in [0.1, 0.15) is 6.04 Å². The number of carbonyl (C=O) groups is 3. The first-order chi connectivity index (χ1) is 12.3. The smallest absolute Gasteiger partial charge is 0.328 e. The second-order valence-corrected chi connectivity index (χ2v) is 5.87. The topological polar surface area (TPSA) is 104 Å². The van der Waals surface area contributed by atoms with Crippen LogP contribution in [0.15, 0.2) is 12.3 Å². The SMILES string of the molecule is CCCC[C@H](C)OC(=O)[C@H](C)NC(=O)c1nccc(OC)c1OC(C)=O. The zero-order chi connectivity index (χ0) is 19.7. The number of methoxy groups -OCH3 is 1. The highest BCUT2D eigenvalue weighted by Gasteiger charge is 2.25. The molecular formula is C18H26N2O6. The molecule has 0 aliphatic carbocycles. The molecule has 1 aromatic rings. The van der Waals surface area contributed by atoms with Gasteiger partial charge in [-0.2, -0.15) is 0 Å². The van der Waals surface area contributed by atoms with Crippen LogP contribution in [0.3, 0.4) is 0 Å². The van der Waals surface area contributed by atoms with Crippen molar-refractivity contribution in [1.82, 2.24) is 10.3 Å². The van der Waals surface area contributed by atoms with Crippen molar-refractivity contribution < 1.29 is 28.6 Å². The Morgan fingerprint density at radius 2 is 1.96 bits per heavy atom. The van der Waals surface area contributed by atoms with Crippen molar-refractivity contribution in [3.8, 4) is 11.5 Å². The summed E-state index contributed by atoms with van der Waals surface area (Å²) >= 11 is 0. The molecule has 2 atom stereocenters. The summed E-state index contributed by atoms with van der Waals surface area (Å²) in [7, 11) is 1.38.